The van der Waals surface area contributed by atoms with Crippen molar-refractivity contribution in [2.45, 2.75) is 0 Å². The lowest BCUT2D eigenvalue weighted by atomic mass is 9.93. The van der Waals surface area contributed by atoms with Gasteiger partial charge < -0.3 is 0 Å². The van der Waals surface area contributed by atoms with Crippen LogP contribution in [0.1, 0.15) is 0 Å². The molecule has 11 rings (SSSR count). The summed E-state index contributed by atoms with van der Waals surface area (Å²) in [5, 5.41) is 3.56. The van der Waals surface area contributed by atoms with Crippen LogP contribution in [0, 0.1) is 0 Å². The second-order valence-electron chi connectivity index (χ2n) is 15.4. The van der Waals surface area contributed by atoms with E-state index in [0.29, 0.717) is 17.5 Å². The summed E-state index contributed by atoms with van der Waals surface area (Å²) in [7, 11) is 0. The Morgan fingerprint density at radius 1 is 0.242 bits per heavy atom. The van der Waals surface area contributed by atoms with Crippen LogP contribution >= 0.6 is 0 Å². The van der Waals surface area contributed by atoms with E-state index in [1.807, 2.05) is 18.2 Å². The van der Waals surface area contributed by atoms with Crippen molar-refractivity contribution in [1.82, 2.24) is 19.9 Å². The molecule has 4 heteroatoms. The van der Waals surface area contributed by atoms with E-state index in [1.165, 1.54) is 27.5 Å². The fourth-order valence-corrected chi connectivity index (χ4v) is 8.29. The second-order valence-corrected chi connectivity index (χ2v) is 15.4. The first-order valence-electron chi connectivity index (χ1n) is 20.9. The summed E-state index contributed by atoms with van der Waals surface area (Å²) in [4.78, 5) is 20.3. The Hall–Kier alpha value is -8.34. The van der Waals surface area contributed by atoms with Crippen molar-refractivity contribution in [2.75, 3.05) is 0 Å². The van der Waals surface area contributed by atoms with Gasteiger partial charge in [-0.25, -0.2) is 19.9 Å². The monoisotopic (exact) mass is 790 g/mol. The molecule has 0 spiro atoms. The number of fused-ring (bicyclic) bond motifs is 3. The zero-order chi connectivity index (χ0) is 41.2. The average Bonchev–Trinajstić information content (AvgIpc) is 3.37. The number of rotatable bonds is 8. The first kappa shape index (κ1) is 36.7. The average molecular weight is 791 g/mol. The summed E-state index contributed by atoms with van der Waals surface area (Å²) in [6, 6.07) is 80.6. The summed E-state index contributed by atoms with van der Waals surface area (Å²) < 4.78 is 0. The molecule has 0 aliphatic rings. The van der Waals surface area contributed by atoms with E-state index in [9.17, 15) is 0 Å². The fraction of sp³-hybridized carbons (Fsp3) is 0. The molecular formula is C58H38N4. The minimum atomic E-state index is 0.622. The van der Waals surface area contributed by atoms with Gasteiger partial charge in [-0.2, -0.15) is 0 Å². The van der Waals surface area contributed by atoms with E-state index in [0.717, 1.165) is 66.7 Å². The van der Waals surface area contributed by atoms with Crippen LogP contribution in [0.25, 0.3) is 112 Å². The van der Waals surface area contributed by atoms with Gasteiger partial charge in [0.05, 0.1) is 11.2 Å². The van der Waals surface area contributed by atoms with E-state index < -0.39 is 0 Å². The molecule has 0 unspecified atom stereocenters. The molecule has 0 amide bonds. The third kappa shape index (κ3) is 7.20. The number of aromatic nitrogens is 4. The van der Waals surface area contributed by atoms with Crippen LogP contribution in [-0.4, -0.2) is 19.9 Å². The molecule has 290 valence electrons. The number of hydrogen-bond donors (Lipinski definition) is 0. The molecule has 0 atom stereocenters. The van der Waals surface area contributed by atoms with Crippen LogP contribution in [0.2, 0.25) is 0 Å². The summed E-state index contributed by atoms with van der Waals surface area (Å²) in [6.07, 6.45) is 0. The van der Waals surface area contributed by atoms with Gasteiger partial charge in [-0.05, 0) is 67.4 Å². The maximum atomic E-state index is 5.14. The Kier molecular flexibility index (Phi) is 9.49. The molecule has 0 bridgehead atoms. The minimum Gasteiger partial charge on any atom is -0.248 e. The Labute approximate surface area is 360 Å². The van der Waals surface area contributed by atoms with Crippen LogP contribution in [0.15, 0.2) is 231 Å². The zero-order valence-electron chi connectivity index (χ0n) is 33.7. The smallest absolute Gasteiger partial charge is 0.164 e. The molecule has 2 heterocycles. The van der Waals surface area contributed by atoms with Crippen LogP contribution < -0.4 is 0 Å². The van der Waals surface area contributed by atoms with Crippen molar-refractivity contribution in [2.24, 2.45) is 0 Å². The van der Waals surface area contributed by atoms with Gasteiger partial charge >= 0.3 is 0 Å². The molecule has 0 fully saturated rings. The molecule has 2 aromatic heterocycles. The molecule has 9 aromatic carbocycles. The maximum absolute atomic E-state index is 5.14. The van der Waals surface area contributed by atoms with Gasteiger partial charge in [0.25, 0.3) is 0 Å². The van der Waals surface area contributed by atoms with Gasteiger partial charge in [0.1, 0.15) is 0 Å². The highest BCUT2D eigenvalue weighted by Crippen LogP contribution is 2.38. The molecular weight excluding hydrogens is 753 g/mol. The molecule has 0 aliphatic carbocycles. The molecule has 62 heavy (non-hydrogen) atoms. The van der Waals surface area contributed by atoms with Gasteiger partial charge in [0.15, 0.2) is 17.5 Å². The number of hydrogen-bond acceptors (Lipinski definition) is 4. The zero-order valence-corrected chi connectivity index (χ0v) is 33.7. The third-order valence-corrected chi connectivity index (χ3v) is 11.6. The minimum absolute atomic E-state index is 0.622. The predicted molar refractivity (Wildman–Crippen MR) is 256 cm³/mol. The van der Waals surface area contributed by atoms with E-state index in [-0.39, 0.29) is 0 Å². The lowest BCUT2D eigenvalue weighted by Crippen LogP contribution is -2.00. The van der Waals surface area contributed by atoms with Crippen molar-refractivity contribution < 1.29 is 0 Å². The standard InChI is InChI=1S/C58H38N4/c1-4-12-39(13-5-1)41-22-30-48(31-23-41)56-60-57(49-32-24-42(25-33-49)40-14-6-2-7-15-40)62-58(61-56)50-34-26-44(27-35-50)43-20-28-46(29-21-43)52-38-54(47-17-8-3-9-18-47)59-53-37-36-45-16-10-11-19-51(45)55(52)53/h1-38H. The lowest BCUT2D eigenvalue weighted by molar-refractivity contribution is 1.07. The maximum Gasteiger partial charge on any atom is 0.164 e. The fourth-order valence-electron chi connectivity index (χ4n) is 8.29. The van der Waals surface area contributed by atoms with Crippen molar-refractivity contribution in [3.8, 4) is 89.9 Å². The van der Waals surface area contributed by atoms with Gasteiger partial charge in [-0.3, -0.25) is 0 Å². The molecule has 11 aromatic rings. The van der Waals surface area contributed by atoms with Crippen molar-refractivity contribution >= 4 is 21.7 Å². The Balaban J connectivity index is 0.942. The summed E-state index contributed by atoms with van der Waals surface area (Å²) in [5.74, 6) is 1.88. The van der Waals surface area contributed by atoms with Crippen molar-refractivity contribution in [3.05, 3.63) is 231 Å². The molecule has 0 saturated carbocycles. The van der Waals surface area contributed by atoms with E-state index in [4.69, 9.17) is 19.9 Å². The van der Waals surface area contributed by atoms with Crippen LogP contribution in [0.4, 0.5) is 0 Å². The highest BCUT2D eigenvalue weighted by molar-refractivity contribution is 6.13. The van der Waals surface area contributed by atoms with Gasteiger partial charge in [-0.15, -0.1) is 0 Å². The van der Waals surface area contributed by atoms with Crippen molar-refractivity contribution in [3.63, 3.8) is 0 Å². The number of nitrogens with zero attached hydrogens (tertiary/aromatic N) is 4. The Morgan fingerprint density at radius 2 is 0.597 bits per heavy atom. The Bertz CT molecular complexity index is 3230. The summed E-state index contributed by atoms with van der Waals surface area (Å²) in [5.41, 5.74) is 15.0. The predicted octanol–water partition coefficient (Wildman–Crippen LogP) is 14.9. The molecule has 0 N–H and O–H groups in total. The highest BCUT2D eigenvalue weighted by Gasteiger charge is 2.16. The van der Waals surface area contributed by atoms with E-state index >= 15 is 0 Å². The first-order valence-corrected chi connectivity index (χ1v) is 20.9. The highest BCUT2D eigenvalue weighted by atomic mass is 15.0. The van der Waals surface area contributed by atoms with E-state index in [2.05, 4.69) is 212 Å². The van der Waals surface area contributed by atoms with Gasteiger partial charge in [-0.1, -0.05) is 218 Å². The van der Waals surface area contributed by atoms with Crippen LogP contribution in [0.5, 0.6) is 0 Å². The quantitative estimate of drug-likeness (QED) is 0.144. The third-order valence-electron chi connectivity index (χ3n) is 11.6. The second kappa shape index (κ2) is 16.0. The van der Waals surface area contributed by atoms with Gasteiger partial charge in [0, 0.05) is 27.6 Å². The molecule has 0 radical (unpaired) electrons. The topological polar surface area (TPSA) is 51.6 Å². The summed E-state index contributed by atoms with van der Waals surface area (Å²) >= 11 is 0. The SMILES string of the molecule is c1ccc(-c2ccc(-c3nc(-c4ccc(-c5ccccc5)cc4)nc(-c4ccc(-c5ccc(-c6cc(-c7ccccc7)nc7ccc8ccccc8c67)cc5)cc4)n3)cc2)cc1. The summed E-state index contributed by atoms with van der Waals surface area (Å²) in [6.45, 7) is 0. The lowest BCUT2D eigenvalue weighted by Gasteiger charge is -2.14. The molecule has 4 nitrogen and oxygen atoms in total. The molecule has 0 aliphatic heterocycles. The number of benzene rings is 9. The Morgan fingerprint density at radius 3 is 1.05 bits per heavy atom. The van der Waals surface area contributed by atoms with Crippen LogP contribution in [-0.2, 0) is 0 Å². The van der Waals surface area contributed by atoms with Crippen molar-refractivity contribution in [1.29, 1.82) is 0 Å². The largest absolute Gasteiger partial charge is 0.248 e. The molecule has 0 saturated heterocycles. The van der Waals surface area contributed by atoms with Gasteiger partial charge in [0.2, 0.25) is 0 Å². The first-order chi connectivity index (χ1) is 30.7. The van der Waals surface area contributed by atoms with Crippen LogP contribution in [0.3, 0.4) is 0 Å². The normalized spacial score (nSPS) is 11.2. The van der Waals surface area contributed by atoms with E-state index in [1.54, 1.807) is 0 Å². The number of pyridine rings is 1.